The van der Waals surface area contributed by atoms with Gasteiger partial charge in [0.15, 0.2) is 0 Å². The number of carbonyl (C=O) groups excluding carboxylic acids is 1. The van der Waals surface area contributed by atoms with Crippen molar-refractivity contribution in [3.63, 3.8) is 0 Å². The second kappa shape index (κ2) is 2.75. The third kappa shape index (κ3) is 1.62. The van der Waals surface area contributed by atoms with Crippen LogP contribution in [-0.2, 0) is 4.79 Å². The number of nitrogens with one attached hydrogen (secondary N) is 1. The van der Waals surface area contributed by atoms with E-state index in [2.05, 4.69) is 12.2 Å². The maximum absolute atomic E-state index is 11.5. The number of hydrogen-bond acceptors (Lipinski definition) is 1. The average Bonchev–Trinajstić information content (AvgIpc) is 2.77. The highest BCUT2D eigenvalue weighted by Crippen LogP contribution is 2.33. The van der Waals surface area contributed by atoms with Gasteiger partial charge in [0.2, 0.25) is 5.91 Å². The summed E-state index contributed by atoms with van der Waals surface area (Å²) in [6, 6.07) is 0. The Bertz CT molecular complexity index is 190. The minimum Gasteiger partial charge on any atom is -0.351 e. The van der Waals surface area contributed by atoms with E-state index in [1.54, 1.807) is 0 Å². The molecule has 2 fully saturated rings. The van der Waals surface area contributed by atoms with Crippen molar-refractivity contribution in [1.29, 1.82) is 0 Å². The van der Waals surface area contributed by atoms with Gasteiger partial charge >= 0.3 is 0 Å². The van der Waals surface area contributed by atoms with E-state index in [0.717, 1.165) is 12.8 Å². The molecule has 0 heterocycles. The van der Waals surface area contributed by atoms with Crippen LogP contribution in [0, 0.1) is 5.92 Å². The van der Waals surface area contributed by atoms with E-state index >= 15 is 0 Å². The molecule has 2 nitrogen and oxygen atoms in total. The van der Waals surface area contributed by atoms with Crippen molar-refractivity contribution in [2.45, 2.75) is 51.0 Å². The van der Waals surface area contributed by atoms with Gasteiger partial charge in [-0.25, -0.2) is 0 Å². The molecule has 68 valence electrons. The molecule has 0 aromatic carbocycles. The van der Waals surface area contributed by atoms with Gasteiger partial charge in [-0.3, -0.25) is 4.79 Å². The van der Waals surface area contributed by atoms with Crippen LogP contribution in [0.25, 0.3) is 0 Å². The van der Waals surface area contributed by atoms with Gasteiger partial charge in [0.1, 0.15) is 0 Å². The maximum Gasteiger partial charge on any atom is 0.223 e. The molecule has 2 heteroatoms. The number of amides is 1. The predicted octanol–water partition coefficient (Wildman–Crippen LogP) is 1.85. The molecule has 0 spiro atoms. The lowest BCUT2D eigenvalue weighted by atomic mass is 10.0. The Labute approximate surface area is 73.7 Å². The molecule has 12 heavy (non-hydrogen) atoms. The minimum atomic E-state index is 0.139. The van der Waals surface area contributed by atoms with Crippen molar-refractivity contribution < 1.29 is 4.79 Å². The first-order valence-electron chi connectivity index (χ1n) is 5.02. The molecule has 0 aliphatic heterocycles. The van der Waals surface area contributed by atoms with Crippen LogP contribution in [0.2, 0.25) is 0 Å². The molecule has 0 aromatic heterocycles. The SMILES string of the molecule is CC1(NC(=O)C2CC2)CCCC1. The van der Waals surface area contributed by atoms with Crippen LogP contribution in [0.15, 0.2) is 0 Å². The van der Waals surface area contributed by atoms with E-state index in [4.69, 9.17) is 0 Å². The lowest BCUT2D eigenvalue weighted by Crippen LogP contribution is -2.44. The Kier molecular flexibility index (Phi) is 1.85. The molecule has 2 saturated carbocycles. The van der Waals surface area contributed by atoms with E-state index in [0.29, 0.717) is 11.8 Å². The molecule has 2 aliphatic rings. The fourth-order valence-corrected chi connectivity index (χ4v) is 2.03. The van der Waals surface area contributed by atoms with Crippen LogP contribution < -0.4 is 5.32 Å². The fourth-order valence-electron chi connectivity index (χ4n) is 2.03. The summed E-state index contributed by atoms with van der Waals surface area (Å²) in [6.07, 6.45) is 7.13. The zero-order valence-corrected chi connectivity index (χ0v) is 7.73. The topological polar surface area (TPSA) is 29.1 Å². The monoisotopic (exact) mass is 167 g/mol. The molecule has 2 aliphatic carbocycles. The normalized spacial score (nSPS) is 27.1. The lowest BCUT2D eigenvalue weighted by molar-refractivity contribution is -0.124. The van der Waals surface area contributed by atoms with Crippen molar-refractivity contribution in [1.82, 2.24) is 5.32 Å². The van der Waals surface area contributed by atoms with E-state index < -0.39 is 0 Å². The quantitative estimate of drug-likeness (QED) is 0.668. The molecule has 0 bridgehead atoms. The molecule has 2 rings (SSSR count). The molecule has 0 aromatic rings. The highest BCUT2D eigenvalue weighted by Gasteiger charge is 2.36. The van der Waals surface area contributed by atoms with E-state index in [9.17, 15) is 4.79 Å². The first-order valence-corrected chi connectivity index (χ1v) is 5.02. The van der Waals surface area contributed by atoms with Crippen molar-refractivity contribution in [2.24, 2.45) is 5.92 Å². The number of rotatable bonds is 2. The Morgan fingerprint density at radius 3 is 2.42 bits per heavy atom. The Hall–Kier alpha value is -0.530. The lowest BCUT2D eigenvalue weighted by Gasteiger charge is -2.25. The largest absolute Gasteiger partial charge is 0.351 e. The van der Waals surface area contributed by atoms with E-state index in [-0.39, 0.29) is 5.54 Å². The highest BCUT2D eigenvalue weighted by molar-refractivity contribution is 5.81. The summed E-state index contributed by atoms with van der Waals surface area (Å²) in [4.78, 5) is 11.5. The first-order chi connectivity index (χ1) is 5.70. The zero-order chi connectivity index (χ0) is 8.60. The summed E-state index contributed by atoms with van der Waals surface area (Å²) in [7, 11) is 0. The van der Waals surface area contributed by atoms with Crippen molar-refractivity contribution in [2.75, 3.05) is 0 Å². The summed E-state index contributed by atoms with van der Waals surface area (Å²) < 4.78 is 0. The van der Waals surface area contributed by atoms with Crippen molar-refractivity contribution in [3.05, 3.63) is 0 Å². The third-order valence-electron chi connectivity index (χ3n) is 3.08. The molecule has 0 unspecified atom stereocenters. The molecule has 1 N–H and O–H groups in total. The zero-order valence-electron chi connectivity index (χ0n) is 7.73. The smallest absolute Gasteiger partial charge is 0.223 e. The first kappa shape index (κ1) is 8.09. The summed E-state index contributed by atoms with van der Waals surface area (Å²) in [5, 5.41) is 3.18. The van der Waals surface area contributed by atoms with Crippen LogP contribution in [-0.4, -0.2) is 11.4 Å². The molecule has 0 saturated heterocycles. The van der Waals surface area contributed by atoms with E-state index in [1.807, 2.05) is 0 Å². The van der Waals surface area contributed by atoms with Crippen LogP contribution >= 0.6 is 0 Å². The second-order valence-electron chi connectivity index (χ2n) is 4.53. The molecule has 0 atom stereocenters. The minimum absolute atomic E-state index is 0.139. The number of carbonyl (C=O) groups is 1. The molecular weight excluding hydrogens is 150 g/mol. The van der Waals surface area contributed by atoms with Gasteiger partial charge in [0, 0.05) is 11.5 Å². The van der Waals surface area contributed by atoms with Crippen LogP contribution in [0.3, 0.4) is 0 Å². The maximum atomic E-state index is 11.5. The standard InChI is InChI=1S/C10H17NO/c1-10(6-2-3-7-10)11-9(12)8-4-5-8/h8H,2-7H2,1H3,(H,11,12). The Morgan fingerprint density at radius 2 is 1.92 bits per heavy atom. The van der Waals surface area contributed by atoms with Crippen LogP contribution in [0.5, 0.6) is 0 Å². The number of hydrogen-bond donors (Lipinski definition) is 1. The Morgan fingerprint density at radius 1 is 1.33 bits per heavy atom. The second-order valence-corrected chi connectivity index (χ2v) is 4.53. The summed E-state index contributed by atoms with van der Waals surface area (Å²) in [5.74, 6) is 0.668. The van der Waals surface area contributed by atoms with Crippen LogP contribution in [0.1, 0.15) is 45.4 Å². The summed E-state index contributed by atoms with van der Waals surface area (Å²) >= 11 is 0. The third-order valence-corrected chi connectivity index (χ3v) is 3.08. The fraction of sp³-hybridized carbons (Fsp3) is 0.900. The van der Waals surface area contributed by atoms with Gasteiger partial charge in [-0.05, 0) is 32.6 Å². The average molecular weight is 167 g/mol. The molecule has 0 radical (unpaired) electrons. The predicted molar refractivity (Wildman–Crippen MR) is 47.7 cm³/mol. The van der Waals surface area contributed by atoms with E-state index in [1.165, 1.54) is 25.7 Å². The van der Waals surface area contributed by atoms with Gasteiger partial charge in [0.25, 0.3) is 0 Å². The molecule has 1 amide bonds. The van der Waals surface area contributed by atoms with Crippen molar-refractivity contribution in [3.8, 4) is 0 Å². The molecular formula is C10H17NO. The van der Waals surface area contributed by atoms with Crippen LogP contribution in [0.4, 0.5) is 0 Å². The van der Waals surface area contributed by atoms with Gasteiger partial charge in [-0.1, -0.05) is 12.8 Å². The highest BCUT2D eigenvalue weighted by atomic mass is 16.2. The summed E-state index contributed by atoms with van der Waals surface area (Å²) in [5.41, 5.74) is 0.139. The Balaban J connectivity index is 1.87. The van der Waals surface area contributed by atoms with Gasteiger partial charge < -0.3 is 5.32 Å². The summed E-state index contributed by atoms with van der Waals surface area (Å²) in [6.45, 7) is 2.18. The van der Waals surface area contributed by atoms with Gasteiger partial charge in [0.05, 0.1) is 0 Å². The van der Waals surface area contributed by atoms with Gasteiger partial charge in [-0.15, -0.1) is 0 Å². The van der Waals surface area contributed by atoms with Crippen molar-refractivity contribution >= 4 is 5.91 Å². The van der Waals surface area contributed by atoms with Gasteiger partial charge in [-0.2, -0.15) is 0 Å².